The summed E-state index contributed by atoms with van der Waals surface area (Å²) in [6.07, 6.45) is 3.75. The number of pyridine rings is 1. The molecule has 9 aromatic rings. The molecule has 0 saturated heterocycles. The monoisotopic (exact) mass is 716 g/mol. The Morgan fingerprint density at radius 3 is 1.38 bits per heavy atom. The highest BCUT2D eigenvalue weighted by molar-refractivity contribution is 6.08. The van der Waals surface area contributed by atoms with Crippen LogP contribution in [0.3, 0.4) is 0 Å². The maximum atomic E-state index is 5.49. The molecule has 0 aliphatic rings. The Bertz CT molecular complexity index is 2610. The molecule has 0 aliphatic heterocycles. The van der Waals surface area contributed by atoms with Crippen molar-refractivity contribution in [1.82, 2.24) is 4.98 Å². The minimum atomic E-state index is -0.0999. The Morgan fingerprint density at radius 2 is 0.857 bits per heavy atom. The van der Waals surface area contributed by atoms with Crippen molar-refractivity contribution in [3.63, 3.8) is 0 Å². The SMILES string of the molecule is C(=Nc1c(C(c2ccccc2)c2ccccc2)cc(C(c2ccccc2)c2ccccc2)c2cccc(-c3ccc(-c4ccccc4)cc3)c12)c1ccccn1. The zero-order valence-electron chi connectivity index (χ0n) is 31.0. The second-order valence-electron chi connectivity index (χ2n) is 14.1. The molecule has 0 N–H and O–H groups in total. The van der Waals surface area contributed by atoms with E-state index in [4.69, 9.17) is 4.99 Å². The molecule has 1 aromatic heterocycles. The van der Waals surface area contributed by atoms with Crippen molar-refractivity contribution >= 4 is 22.7 Å². The minimum absolute atomic E-state index is 0.0321. The summed E-state index contributed by atoms with van der Waals surface area (Å²) in [4.78, 5) is 10.1. The lowest BCUT2D eigenvalue weighted by atomic mass is 9.76. The van der Waals surface area contributed by atoms with Crippen LogP contribution in [0.15, 0.2) is 230 Å². The second-order valence-corrected chi connectivity index (χ2v) is 14.1. The van der Waals surface area contributed by atoms with Crippen LogP contribution in [0.25, 0.3) is 33.0 Å². The Hall–Kier alpha value is -7.16. The third-order valence-electron chi connectivity index (χ3n) is 10.7. The van der Waals surface area contributed by atoms with Gasteiger partial charge in [0.05, 0.1) is 17.6 Å². The van der Waals surface area contributed by atoms with Gasteiger partial charge in [0.1, 0.15) is 0 Å². The van der Waals surface area contributed by atoms with Gasteiger partial charge in [-0.3, -0.25) is 9.98 Å². The van der Waals surface area contributed by atoms with Crippen LogP contribution in [0.1, 0.15) is 50.9 Å². The van der Waals surface area contributed by atoms with E-state index in [0.29, 0.717) is 0 Å². The van der Waals surface area contributed by atoms with Crippen molar-refractivity contribution in [3.8, 4) is 22.3 Å². The van der Waals surface area contributed by atoms with Crippen molar-refractivity contribution in [2.45, 2.75) is 11.8 Å². The summed E-state index contributed by atoms with van der Waals surface area (Å²) >= 11 is 0. The predicted octanol–water partition coefficient (Wildman–Crippen LogP) is 13.7. The van der Waals surface area contributed by atoms with Crippen molar-refractivity contribution in [2.75, 3.05) is 0 Å². The fourth-order valence-electron chi connectivity index (χ4n) is 8.09. The van der Waals surface area contributed by atoms with E-state index in [0.717, 1.165) is 33.5 Å². The molecule has 266 valence electrons. The lowest BCUT2D eigenvalue weighted by Gasteiger charge is -2.27. The van der Waals surface area contributed by atoms with Crippen LogP contribution in [-0.4, -0.2) is 11.2 Å². The van der Waals surface area contributed by atoms with Gasteiger partial charge >= 0.3 is 0 Å². The first-order valence-corrected chi connectivity index (χ1v) is 19.2. The van der Waals surface area contributed by atoms with E-state index in [1.807, 2.05) is 30.6 Å². The number of benzene rings is 8. The van der Waals surface area contributed by atoms with Gasteiger partial charge < -0.3 is 0 Å². The topological polar surface area (TPSA) is 25.2 Å². The molecule has 0 aliphatic carbocycles. The molecule has 8 aromatic carbocycles. The summed E-state index contributed by atoms with van der Waals surface area (Å²) in [5.74, 6) is -0.132. The molecule has 0 spiro atoms. The van der Waals surface area contributed by atoms with Crippen molar-refractivity contribution in [2.24, 2.45) is 4.99 Å². The van der Waals surface area contributed by atoms with Gasteiger partial charge in [0, 0.05) is 23.4 Å². The van der Waals surface area contributed by atoms with Crippen LogP contribution in [0.2, 0.25) is 0 Å². The third-order valence-corrected chi connectivity index (χ3v) is 10.7. The third kappa shape index (κ3) is 7.09. The molecule has 0 radical (unpaired) electrons. The minimum Gasteiger partial charge on any atom is -0.255 e. The second kappa shape index (κ2) is 16.1. The maximum absolute atomic E-state index is 5.49. The highest BCUT2D eigenvalue weighted by Gasteiger charge is 2.28. The molecule has 2 nitrogen and oxygen atoms in total. The van der Waals surface area contributed by atoms with E-state index in [1.165, 1.54) is 44.3 Å². The van der Waals surface area contributed by atoms with Crippen LogP contribution in [0.4, 0.5) is 5.69 Å². The van der Waals surface area contributed by atoms with E-state index in [1.54, 1.807) is 0 Å². The van der Waals surface area contributed by atoms with E-state index in [9.17, 15) is 0 Å². The van der Waals surface area contributed by atoms with Gasteiger partial charge in [0.25, 0.3) is 0 Å². The molecule has 0 bridgehead atoms. The Labute approximate surface area is 329 Å². The van der Waals surface area contributed by atoms with Gasteiger partial charge in [-0.15, -0.1) is 0 Å². The van der Waals surface area contributed by atoms with E-state index >= 15 is 0 Å². The fraction of sp³-hybridized carbons (Fsp3) is 0.0370. The number of fused-ring (bicyclic) bond motifs is 1. The van der Waals surface area contributed by atoms with Gasteiger partial charge in [-0.05, 0) is 73.2 Å². The molecule has 0 saturated carbocycles. The Balaban J connectivity index is 1.40. The maximum Gasteiger partial charge on any atom is 0.0812 e. The Morgan fingerprint density at radius 1 is 0.393 bits per heavy atom. The standard InChI is InChI=1S/C54H40N2/c1-6-19-39(20-7-1)40-32-34-41(35-33-40)47-30-18-31-48-49(51(42-21-8-2-9-22-42)43-23-10-3-11-24-43)37-50(54(53(47)48)56-38-46-29-16-17-36-55-46)52(44-25-12-4-13-26-44)45-27-14-5-15-28-45/h1-38,51-52H. The van der Waals surface area contributed by atoms with Crippen molar-refractivity contribution < 1.29 is 0 Å². The highest BCUT2D eigenvalue weighted by Crippen LogP contribution is 2.49. The molecule has 2 heteroatoms. The zero-order chi connectivity index (χ0) is 37.5. The smallest absolute Gasteiger partial charge is 0.0812 e. The summed E-state index contributed by atoms with van der Waals surface area (Å²) in [6.45, 7) is 0. The molecular formula is C54H40N2. The summed E-state index contributed by atoms with van der Waals surface area (Å²) < 4.78 is 0. The van der Waals surface area contributed by atoms with Crippen LogP contribution in [0.5, 0.6) is 0 Å². The average molecular weight is 717 g/mol. The number of aromatic nitrogens is 1. The van der Waals surface area contributed by atoms with E-state index in [2.05, 4.69) is 205 Å². The van der Waals surface area contributed by atoms with E-state index in [-0.39, 0.29) is 11.8 Å². The van der Waals surface area contributed by atoms with Crippen LogP contribution < -0.4 is 0 Å². The molecule has 1 heterocycles. The number of nitrogens with zero attached hydrogens (tertiary/aromatic N) is 2. The summed E-state index contributed by atoms with van der Waals surface area (Å²) in [5, 5.41) is 2.29. The van der Waals surface area contributed by atoms with E-state index < -0.39 is 0 Å². The quantitative estimate of drug-likeness (QED) is 0.102. The number of aliphatic imine (C=N–C) groups is 1. The molecule has 0 amide bonds. The molecular weight excluding hydrogens is 677 g/mol. The van der Waals surface area contributed by atoms with Gasteiger partial charge in [0.15, 0.2) is 0 Å². The zero-order valence-corrected chi connectivity index (χ0v) is 31.0. The molecule has 0 fully saturated rings. The first kappa shape index (κ1) is 34.6. The predicted molar refractivity (Wildman–Crippen MR) is 234 cm³/mol. The fourth-order valence-corrected chi connectivity index (χ4v) is 8.09. The van der Waals surface area contributed by atoms with Crippen molar-refractivity contribution in [1.29, 1.82) is 0 Å². The van der Waals surface area contributed by atoms with Gasteiger partial charge in [-0.2, -0.15) is 0 Å². The average Bonchev–Trinajstić information content (AvgIpc) is 3.28. The number of hydrogen-bond donors (Lipinski definition) is 0. The van der Waals surface area contributed by atoms with Gasteiger partial charge in [-0.25, -0.2) is 0 Å². The lowest BCUT2D eigenvalue weighted by molar-refractivity contribution is 0.949. The molecule has 0 atom stereocenters. The van der Waals surface area contributed by atoms with Gasteiger partial charge in [0.2, 0.25) is 0 Å². The normalized spacial score (nSPS) is 11.5. The molecule has 9 rings (SSSR count). The first-order chi connectivity index (χ1) is 27.8. The lowest BCUT2D eigenvalue weighted by Crippen LogP contribution is -2.09. The number of hydrogen-bond acceptors (Lipinski definition) is 2. The van der Waals surface area contributed by atoms with Crippen LogP contribution in [-0.2, 0) is 0 Å². The summed E-state index contributed by atoms with van der Waals surface area (Å²) in [6, 6.07) is 78.3. The largest absolute Gasteiger partial charge is 0.255 e. The van der Waals surface area contributed by atoms with Crippen molar-refractivity contribution in [3.05, 3.63) is 264 Å². The van der Waals surface area contributed by atoms with Crippen LogP contribution in [0, 0.1) is 0 Å². The molecule has 0 unspecified atom stereocenters. The summed E-state index contributed by atoms with van der Waals surface area (Å²) in [7, 11) is 0. The summed E-state index contributed by atoms with van der Waals surface area (Å²) in [5.41, 5.74) is 13.7. The number of rotatable bonds is 10. The van der Waals surface area contributed by atoms with Crippen LogP contribution >= 0.6 is 0 Å². The molecule has 56 heavy (non-hydrogen) atoms. The van der Waals surface area contributed by atoms with Gasteiger partial charge in [-0.1, -0.05) is 206 Å². The Kier molecular flexibility index (Phi) is 9.92. The highest BCUT2D eigenvalue weighted by atomic mass is 14.8. The first-order valence-electron chi connectivity index (χ1n) is 19.2.